The lowest BCUT2D eigenvalue weighted by molar-refractivity contribution is -0.117. The molecule has 0 radical (unpaired) electrons. The summed E-state index contributed by atoms with van der Waals surface area (Å²) in [5, 5.41) is 2.90. The van der Waals surface area contributed by atoms with E-state index in [0.717, 1.165) is 42.5 Å². The average molecular weight is 315 g/mol. The summed E-state index contributed by atoms with van der Waals surface area (Å²) >= 11 is 0. The second-order valence-electron chi connectivity index (χ2n) is 5.69. The molecule has 1 aromatic carbocycles. The fraction of sp³-hybridized carbons (Fsp3) is 0.474. The zero-order valence-corrected chi connectivity index (χ0v) is 14.8. The molecule has 1 rings (SSSR count). The van der Waals surface area contributed by atoms with Gasteiger partial charge in [-0.05, 0) is 31.7 Å². The van der Waals surface area contributed by atoms with Gasteiger partial charge in [0.15, 0.2) is 0 Å². The van der Waals surface area contributed by atoms with Crippen LogP contribution in [0.4, 0.5) is 0 Å². The number of carbonyl (C=O) groups is 1. The Hall–Kier alpha value is -2.10. The van der Waals surface area contributed by atoms with Gasteiger partial charge in [0.2, 0.25) is 0 Å². The third-order valence-electron chi connectivity index (χ3n) is 3.88. The van der Waals surface area contributed by atoms with Crippen LogP contribution >= 0.6 is 0 Å². The molecule has 3 N–H and O–H groups in total. The van der Waals surface area contributed by atoms with E-state index in [0.29, 0.717) is 12.2 Å². The first-order valence-corrected chi connectivity index (χ1v) is 8.31. The normalized spacial score (nSPS) is 12.8. The molecule has 0 fully saturated rings. The number of amides is 1. The van der Waals surface area contributed by atoms with Gasteiger partial charge in [-0.3, -0.25) is 9.79 Å². The van der Waals surface area contributed by atoms with Crippen molar-refractivity contribution in [1.29, 1.82) is 0 Å². The standard InChI is InChI=1S/C19H29N3O/c1-5-7-8-16(17(6-2)21-4)18(20)19(23)22-13-15-11-9-14(3)10-12-15/h9-12H,5-8,13,20H2,1-4H3,(H,22,23)/b18-16-,21-17?. The van der Waals surface area contributed by atoms with Crippen LogP contribution in [0, 0.1) is 6.92 Å². The maximum atomic E-state index is 12.4. The molecule has 0 spiro atoms. The lowest BCUT2D eigenvalue weighted by Gasteiger charge is -2.13. The minimum absolute atomic E-state index is 0.216. The Balaban J connectivity index is 2.84. The largest absolute Gasteiger partial charge is 0.394 e. The quantitative estimate of drug-likeness (QED) is 0.569. The molecule has 4 heteroatoms. The van der Waals surface area contributed by atoms with Crippen molar-refractivity contribution in [1.82, 2.24) is 5.32 Å². The Bertz CT molecular complexity index is 571. The number of aliphatic imine (C=N–C) groups is 1. The third kappa shape index (κ3) is 5.89. The predicted octanol–water partition coefficient (Wildman–Crippen LogP) is 3.50. The summed E-state index contributed by atoms with van der Waals surface area (Å²) < 4.78 is 0. The van der Waals surface area contributed by atoms with Crippen molar-refractivity contribution in [3.05, 3.63) is 46.7 Å². The summed E-state index contributed by atoms with van der Waals surface area (Å²) in [7, 11) is 1.75. The van der Waals surface area contributed by atoms with E-state index in [1.807, 2.05) is 38.1 Å². The van der Waals surface area contributed by atoms with E-state index in [1.165, 1.54) is 5.56 Å². The Morgan fingerprint density at radius 1 is 1.22 bits per heavy atom. The van der Waals surface area contributed by atoms with E-state index < -0.39 is 0 Å². The molecule has 0 saturated carbocycles. The Kier molecular flexibility index (Phi) is 8.09. The van der Waals surface area contributed by atoms with Crippen molar-refractivity contribution in [2.45, 2.75) is 53.0 Å². The number of nitrogens with zero attached hydrogens (tertiary/aromatic N) is 1. The Morgan fingerprint density at radius 2 is 1.87 bits per heavy atom. The van der Waals surface area contributed by atoms with Gasteiger partial charge in [-0.15, -0.1) is 0 Å². The van der Waals surface area contributed by atoms with E-state index in [2.05, 4.69) is 17.2 Å². The molecule has 0 unspecified atom stereocenters. The van der Waals surface area contributed by atoms with Crippen LogP contribution < -0.4 is 11.1 Å². The minimum Gasteiger partial charge on any atom is -0.394 e. The molecule has 0 saturated heterocycles. The number of rotatable bonds is 8. The summed E-state index contributed by atoms with van der Waals surface area (Å²) in [6.07, 6.45) is 3.63. The van der Waals surface area contributed by atoms with E-state index in [9.17, 15) is 4.79 Å². The zero-order valence-electron chi connectivity index (χ0n) is 14.8. The second kappa shape index (κ2) is 9.82. The molecule has 1 aromatic rings. The van der Waals surface area contributed by atoms with Gasteiger partial charge in [-0.25, -0.2) is 0 Å². The van der Waals surface area contributed by atoms with Crippen LogP contribution in [0.1, 0.15) is 50.7 Å². The van der Waals surface area contributed by atoms with Crippen molar-refractivity contribution in [2.24, 2.45) is 10.7 Å². The lowest BCUT2D eigenvalue weighted by Crippen LogP contribution is -2.30. The molecule has 0 aliphatic carbocycles. The molecule has 126 valence electrons. The molecular weight excluding hydrogens is 286 g/mol. The number of hydrogen-bond donors (Lipinski definition) is 2. The first kappa shape index (κ1) is 18.9. The molecule has 0 aliphatic heterocycles. The number of nitrogens with two attached hydrogens (primary N) is 1. The van der Waals surface area contributed by atoms with Crippen LogP contribution in [0.5, 0.6) is 0 Å². The highest BCUT2D eigenvalue weighted by molar-refractivity contribution is 6.07. The number of hydrogen-bond acceptors (Lipinski definition) is 3. The van der Waals surface area contributed by atoms with E-state index in [-0.39, 0.29) is 5.91 Å². The van der Waals surface area contributed by atoms with Gasteiger partial charge in [0.25, 0.3) is 5.91 Å². The lowest BCUT2D eigenvalue weighted by atomic mass is 9.99. The van der Waals surface area contributed by atoms with Crippen LogP contribution in [0.15, 0.2) is 40.5 Å². The maximum Gasteiger partial charge on any atom is 0.267 e. The van der Waals surface area contributed by atoms with Gasteiger partial charge in [-0.1, -0.05) is 50.1 Å². The SMILES string of the molecule is CCCC/C(C(CC)=NC)=C(/N)C(=O)NCc1ccc(C)cc1. The highest BCUT2D eigenvalue weighted by Gasteiger charge is 2.15. The maximum absolute atomic E-state index is 12.4. The summed E-state index contributed by atoms with van der Waals surface area (Å²) in [4.78, 5) is 16.7. The molecule has 0 atom stereocenters. The Morgan fingerprint density at radius 3 is 2.39 bits per heavy atom. The smallest absolute Gasteiger partial charge is 0.267 e. The van der Waals surface area contributed by atoms with Gasteiger partial charge in [0.1, 0.15) is 5.70 Å². The van der Waals surface area contributed by atoms with Crippen LogP contribution in [0.25, 0.3) is 0 Å². The first-order valence-electron chi connectivity index (χ1n) is 8.31. The number of carbonyl (C=O) groups excluding carboxylic acids is 1. The van der Waals surface area contributed by atoms with E-state index >= 15 is 0 Å². The minimum atomic E-state index is -0.216. The van der Waals surface area contributed by atoms with Crippen molar-refractivity contribution >= 4 is 11.6 Å². The van der Waals surface area contributed by atoms with Gasteiger partial charge < -0.3 is 11.1 Å². The van der Waals surface area contributed by atoms with Crippen molar-refractivity contribution < 1.29 is 4.79 Å². The summed E-state index contributed by atoms with van der Waals surface area (Å²) in [6.45, 7) is 6.68. The molecule has 0 heterocycles. The van der Waals surface area contributed by atoms with Gasteiger partial charge in [0, 0.05) is 24.9 Å². The molecule has 4 nitrogen and oxygen atoms in total. The van der Waals surface area contributed by atoms with Crippen LogP contribution in [-0.2, 0) is 11.3 Å². The van der Waals surface area contributed by atoms with Crippen molar-refractivity contribution in [2.75, 3.05) is 7.05 Å². The molecule has 23 heavy (non-hydrogen) atoms. The number of allylic oxidation sites excluding steroid dienone is 1. The summed E-state index contributed by atoms with van der Waals surface area (Å²) in [5.41, 5.74) is 10.5. The van der Waals surface area contributed by atoms with Gasteiger partial charge in [0.05, 0.1) is 0 Å². The van der Waals surface area contributed by atoms with Crippen molar-refractivity contribution in [3.63, 3.8) is 0 Å². The number of unbranched alkanes of at least 4 members (excludes halogenated alkanes) is 1. The summed E-state index contributed by atoms with van der Waals surface area (Å²) in [6, 6.07) is 8.09. The van der Waals surface area contributed by atoms with Gasteiger partial charge >= 0.3 is 0 Å². The van der Waals surface area contributed by atoms with Crippen LogP contribution in [-0.4, -0.2) is 18.7 Å². The van der Waals surface area contributed by atoms with Crippen molar-refractivity contribution in [3.8, 4) is 0 Å². The predicted molar refractivity (Wildman–Crippen MR) is 97.4 cm³/mol. The molecule has 0 aromatic heterocycles. The first-order chi connectivity index (χ1) is 11.0. The highest BCUT2D eigenvalue weighted by atomic mass is 16.1. The van der Waals surface area contributed by atoms with E-state index in [1.54, 1.807) is 7.05 Å². The molecule has 0 bridgehead atoms. The highest BCUT2D eigenvalue weighted by Crippen LogP contribution is 2.15. The van der Waals surface area contributed by atoms with Crippen LogP contribution in [0.2, 0.25) is 0 Å². The summed E-state index contributed by atoms with van der Waals surface area (Å²) in [5.74, 6) is -0.216. The molecule has 1 amide bonds. The zero-order chi connectivity index (χ0) is 17.2. The fourth-order valence-corrected chi connectivity index (χ4v) is 2.41. The fourth-order valence-electron chi connectivity index (χ4n) is 2.41. The number of nitrogens with one attached hydrogen (secondary N) is 1. The van der Waals surface area contributed by atoms with Crippen LogP contribution in [0.3, 0.4) is 0 Å². The monoisotopic (exact) mass is 315 g/mol. The number of benzene rings is 1. The topological polar surface area (TPSA) is 67.5 Å². The van der Waals surface area contributed by atoms with Gasteiger partial charge in [-0.2, -0.15) is 0 Å². The average Bonchev–Trinajstić information content (AvgIpc) is 2.57. The third-order valence-corrected chi connectivity index (χ3v) is 3.88. The van der Waals surface area contributed by atoms with E-state index in [4.69, 9.17) is 5.73 Å². The number of aryl methyl sites for hydroxylation is 1. The molecule has 0 aliphatic rings. The molecular formula is C19H29N3O. The second-order valence-corrected chi connectivity index (χ2v) is 5.69. The Labute approximate surface area is 139 Å².